The molecule has 0 saturated heterocycles. The van der Waals surface area contributed by atoms with Crippen molar-refractivity contribution in [3.05, 3.63) is 65.2 Å². The molecule has 0 unspecified atom stereocenters. The molecular formula is C18H14ClNO4S. The Labute approximate surface area is 150 Å². The second-order valence-electron chi connectivity index (χ2n) is 5.61. The first kappa shape index (κ1) is 16.2. The van der Waals surface area contributed by atoms with E-state index in [1.54, 1.807) is 42.5 Å². The molecule has 0 atom stereocenters. The molecule has 0 radical (unpaired) electrons. The Kier molecular flexibility index (Phi) is 4.03. The summed E-state index contributed by atoms with van der Waals surface area (Å²) in [6.45, 7) is 0.318. The second kappa shape index (κ2) is 6.22. The molecule has 1 heterocycles. The van der Waals surface area contributed by atoms with E-state index in [9.17, 15) is 8.42 Å². The van der Waals surface area contributed by atoms with Crippen molar-refractivity contribution in [2.75, 3.05) is 6.79 Å². The lowest BCUT2D eigenvalue weighted by molar-refractivity contribution is 0.174. The number of sulfonamides is 1. The van der Waals surface area contributed by atoms with E-state index in [0.717, 1.165) is 10.9 Å². The first-order valence-corrected chi connectivity index (χ1v) is 9.46. The summed E-state index contributed by atoms with van der Waals surface area (Å²) in [5.41, 5.74) is 0.777. The number of benzene rings is 3. The van der Waals surface area contributed by atoms with Gasteiger partial charge in [0.05, 0.1) is 4.90 Å². The van der Waals surface area contributed by atoms with Gasteiger partial charge in [0.25, 0.3) is 0 Å². The van der Waals surface area contributed by atoms with Crippen LogP contribution in [-0.2, 0) is 16.6 Å². The van der Waals surface area contributed by atoms with Crippen LogP contribution in [0.25, 0.3) is 10.8 Å². The van der Waals surface area contributed by atoms with E-state index >= 15 is 0 Å². The van der Waals surface area contributed by atoms with Crippen molar-refractivity contribution in [3.63, 3.8) is 0 Å². The quantitative estimate of drug-likeness (QED) is 0.755. The maximum Gasteiger partial charge on any atom is 0.241 e. The lowest BCUT2D eigenvalue weighted by atomic mass is 10.1. The molecule has 1 aliphatic heterocycles. The molecule has 25 heavy (non-hydrogen) atoms. The van der Waals surface area contributed by atoms with Crippen LogP contribution in [0.5, 0.6) is 11.5 Å². The van der Waals surface area contributed by atoms with Crippen molar-refractivity contribution in [2.24, 2.45) is 0 Å². The molecule has 0 fully saturated rings. The van der Waals surface area contributed by atoms with Crippen LogP contribution in [-0.4, -0.2) is 15.2 Å². The van der Waals surface area contributed by atoms with Crippen molar-refractivity contribution in [2.45, 2.75) is 11.4 Å². The van der Waals surface area contributed by atoms with Gasteiger partial charge in [0.15, 0.2) is 11.5 Å². The van der Waals surface area contributed by atoms with E-state index in [0.29, 0.717) is 21.9 Å². The molecule has 3 aromatic carbocycles. The molecule has 0 bridgehead atoms. The molecule has 0 amide bonds. The third kappa shape index (κ3) is 3.04. The minimum absolute atomic E-state index is 0.139. The molecule has 1 N–H and O–H groups in total. The zero-order chi connectivity index (χ0) is 17.4. The number of rotatable bonds is 4. The highest BCUT2D eigenvalue weighted by Gasteiger charge is 2.19. The van der Waals surface area contributed by atoms with Gasteiger partial charge in [-0.1, -0.05) is 41.9 Å². The highest BCUT2D eigenvalue weighted by molar-refractivity contribution is 7.89. The molecule has 4 rings (SSSR count). The summed E-state index contributed by atoms with van der Waals surface area (Å²) < 4.78 is 38.7. The van der Waals surface area contributed by atoms with Crippen molar-refractivity contribution < 1.29 is 17.9 Å². The summed E-state index contributed by atoms with van der Waals surface area (Å²) in [5.74, 6) is 1.28. The Balaban J connectivity index is 1.64. The number of hydrogen-bond acceptors (Lipinski definition) is 4. The van der Waals surface area contributed by atoms with Crippen LogP contribution in [0.15, 0.2) is 59.5 Å². The Bertz CT molecular complexity index is 1060. The molecule has 0 aliphatic carbocycles. The highest BCUT2D eigenvalue weighted by atomic mass is 35.5. The van der Waals surface area contributed by atoms with Crippen LogP contribution < -0.4 is 14.2 Å². The number of halogens is 1. The first-order valence-electron chi connectivity index (χ1n) is 7.60. The Hall–Kier alpha value is -2.28. The largest absolute Gasteiger partial charge is 0.454 e. The Morgan fingerprint density at radius 1 is 1.00 bits per heavy atom. The molecule has 1 aliphatic rings. The number of nitrogens with one attached hydrogen (secondary N) is 1. The van der Waals surface area contributed by atoms with Gasteiger partial charge in [-0.2, -0.15) is 0 Å². The fourth-order valence-electron chi connectivity index (χ4n) is 2.79. The van der Waals surface area contributed by atoms with E-state index in [2.05, 4.69) is 4.72 Å². The zero-order valence-electron chi connectivity index (χ0n) is 13.0. The molecule has 3 aromatic rings. The third-order valence-corrected chi connectivity index (χ3v) is 5.77. The maximum atomic E-state index is 12.8. The van der Waals surface area contributed by atoms with E-state index < -0.39 is 10.0 Å². The zero-order valence-corrected chi connectivity index (χ0v) is 14.6. The number of fused-ring (bicyclic) bond motifs is 2. The van der Waals surface area contributed by atoms with Gasteiger partial charge in [-0.25, -0.2) is 13.1 Å². The predicted molar refractivity (Wildman–Crippen MR) is 95.5 cm³/mol. The van der Waals surface area contributed by atoms with Crippen molar-refractivity contribution in [1.29, 1.82) is 0 Å². The van der Waals surface area contributed by atoms with Crippen LogP contribution >= 0.6 is 11.6 Å². The van der Waals surface area contributed by atoms with Gasteiger partial charge in [-0.05, 0) is 35.2 Å². The molecular weight excluding hydrogens is 362 g/mol. The summed E-state index contributed by atoms with van der Waals surface area (Å²) in [6, 6.07) is 15.7. The van der Waals surface area contributed by atoms with E-state index in [-0.39, 0.29) is 18.2 Å². The van der Waals surface area contributed by atoms with Gasteiger partial charge >= 0.3 is 0 Å². The minimum atomic E-state index is -3.73. The van der Waals surface area contributed by atoms with Gasteiger partial charge in [0, 0.05) is 17.0 Å². The molecule has 5 nitrogen and oxygen atoms in total. The smallest absolute Gasteiger partial charge is 0.241 e. The lowest BCUT2D eigenvalue weighted by Crippen LogP contribution is -2.23. The number of hydrogen-bond donors (Lipinski definition) is 1. The van der Waals surface area contributed by atoms with Crippen LogP contribution in [0, 0.1) is 0 Å². The van der Waals surface area contributed by atoms with Crippen LogP contribution in [0.4, 0.5) is 0 Å². The van der Waals surface area contributed by atoms with Crippen LogP contribution in [0.2, 0.25) is 5.02 Å². The maximum absolute atomic E-state index is 12.8. The minimum Gasteiger partial charge on any atom is -0.454 e. The third-order valence-electron chi connectivity index (χ3n) is 4.01. The van der Waals surface area contributed by atoms with Gasteiger partial charge in [-0.3, -0.25) is 0 Å². The molecule has 0 spiro atoms. The predicted octanol–water partition coefficient (Wildman–Crippen LogP) is 3.70. The van der Waals surface area contributed by atoms with E-state index in [1.165, 1.54) is 0 Å². The van der Waals surface area contributed by atoms with E-state index in [1.807, 2.05) is 12.1 Å². The lowest BCUT2D eigenvalue weighted by Gasteiger charge is -2.11. The molecule has 0 saturated carbocycles. The SMILES string of the molecule is O=S(=O)(NCc1ccc2c(c1)OCO2)c1cccc2cccc(Cl)c12. The van der Waals surface area contributed by atoms with Gasteiger partial charge < -0.3 is 9.47 Å². The standard InChI is InChI=1S/C18H14ClNO4S/c19-14-5-1-3-13-4-2-6-17(18(13)14)25(21,22)20-10-12-7-8-15-16(9-12)24-11-23-15/h1-9,20H,10-11H2. The molecule has 0 aromatic heterocycles. The highest BCUT2D eigenvalue weighted by Crippen LogP contribution is 2.33. The Morgan fingerprint density at radius 2 is 1.76 bits per heavy atom. The summed E-state index contributed by atoms with van der Waals surface area (Å²) in [4.78, 5) is 0.163. The topological polar surface area (TPSA) is 64.6 Å². The van der Waals surface area contributed by atoms with Crippen molar-refractivity contribution in [1.82, 2.24) is 4.72 Å². The van der Waals surface area contributed by atoms with Crippen molar-refractivity contribution in [3.8, 4) is 11.5 Å². The normalized spacial score (nSPS) is 13.3. The summed E-state index contributed by atoms with van der Waals surface area (Å²) in [5, 5.41) is 1.70. The van der Waals surface area contributed by atoms with Crippen LogP contribution in [0.3, 0.4) is 0 Å². The first-order chi connectivity index (χ1) is 12.0. The van der Waals surface area contributed by atoms with E-state index in [4.69, 9.17) is 21.1 Å². The van der Waals surface area contributed by atoms with Crippen molar-refractivity contribution >= 4 is 32.4 Å². The van der Waals surface area contributed by atoms with Gasteiger partial charge in [0.1, 0.15) is 0 Å². The summed E-state index contributed by atoms with van der Waals surface area (Å²) >= 11 is 6.23. The second-order valence-corrected chi connectivity index (χ2v) is 7.75. The summed E-state index contributed by atoms with van der Waals surface area (Å²) in [7, 11) is -3.73. The number of ether oxygens (including phenoxy) is 2. The average Bonchev–Trinajstić information content (AvgIpc) is 3.07. The summed E-state index contributed by atoms with van der Waals surface area (Å²) in [6.07, 6.45) is 0. The Morgan fingerprint density at radius 3 is 2.60 bits per heavy atom. The average molecular weight is 376 g/mol. The fourth-order valence-corrected chi connectivity index (χ4v) is 4.40. The van der Waals surface area contributed by atoms with Crippen LogP contribution in [0.1, 0.15) is 5.56 Å². The van der Waals surface area contributed by atoms with Gasteiger partial charge in [0.2, 0.25) is 16.8 Å². The molecule has 7 heteroatoms. The van der Waals surface area contributed by atoms with Gasteiger partial charge in [-0.15, -0.1) is 0 Å². The fraction of sp³-hybridized carbons (Fsp3) is 0.111. The monoisotopic (exact) mass is 375 g/mol. The molecule has 128 valence electrons.